The summed E-state index contributed by atoms with van der Waals surface area (Å²) in [5.41, 5.74) is -0.637. The molecule has 0 aliphatic heterocycles. The Kier molecular flexibility index (Phi) is 5.15. The fourth-order valence-corrected chi connectivity index (χ4v) is 1.11. The summed E-state index contributed by atoms with van der Waals surface area (Å²) < 4.78 is 9.54. The molecule has 0 radical (unpaired) electrons. The second-order valence-corrected chi connectivity index (χ2v) is 3.11. The SMILES string of the molecule is CCOC(=O)c1cnc(NCCOC)[nH]c1=O. The molecule has 0 unspecified atom stereocenters. The Bertz CT molecular complexity index is 430. The number of nitrogens with zero attached hydrogens (tertiary/aromatic N) is 1. The number of anilines is 1. The van der Waals surface area contributed by atoms with Crippen molar-refractivity contribution in [1.82, 2.24) is 9.97 Å². The molecule has 0 aliphatic carbocycles. The van der Waals surface area contributed by atoms with Gasteiger partial charge in [-0.15, -0.1) is 0 Å². The minimum Gasteiger partial charge on any atom is -0.462 e. The van der Waals surface area contributed by atoms with Gasteiger partial charge in [0.2, 0.25) is 5.95 Å². The van der Waals surface area contributed by atoms with Gasteiger partial charge in [-0.2, -0.15) is 0 Å². The van der Waals surface area contributed by atoms with Crippen LogP contribution < -0.4 is 10.9 Å². The summed E-state index contributed by atoms with van der Waals surface area (Å²) in [4.78, 5) is 29.2. The van der Waals surface area contributed by atoms with E-state index in [1.165, 1.54) is 6.20 Å². The molecule has 0 aromatic carbocycles. The van der Waals surface area contributed by atoms with Crippen LogP contribution in [0.2, 0.25) is 0 Å². The molecule has 1 aromatic rings. The van der Waals surface area contributed by atoms with E-state index in [-0.39, 0.29) is 12.2 Å². The molecule has 2 N–H and O–H groups in total. The number of methoxy groups -OCH3 is 1. The van der Waals surface area contributed by atoms with Crippen molar-refractivity contribution in [2.24, 2.45) is 0 Å². The summed E-state index contributed by atoms with van der Waals surface area (Å²) in [5.74, 6) is -0.384. The lowest BCUT2D eigenvalue weighted by Gasteiger charge is -2.05. The number of rotatable bonds is 6. The van der Waals surface area contributed by atoms with Crippen LogP contribution in [0.3, 0.4) is 0 Å². The third kappa shape index (κ3) is 3.87. The highest BCUT2D eigenvalue weighted by molar-refractivity contribution is 5.88. The van der Waals surface area contributed by atoms with Gasteiger partial charge in [-0.25, -0.2) is 9.78 Å². The first-order chi connectivity index (χ1) is 8.19. The van der Waals surface area contributed by atoms with Crippen LogP contribution in [-0.2, 0) is 9.47 Å². The standard InChI is InChI=1S/C10H15N3O4/c1-3-17-9(15)7-6-12-10(13-8(7)14)11-4-5-16-2/h6H,3-5H2,1-2H3,(H2,11,12,13,14). The summed E-state index contributed by atoms with van der Waals surface area (Å²) in [6.45, 7) is 2.88. The quantitative estimate of drug-likeness (QED) is 0.538. The Labute approximate surface area is 98.2 Å². The van der Waals surface area contributed by atoms with Gasteiger partial charge in [0.25, 0.3) is 5.56 Å². The zero-order chi connectivity index (χ0) is 12.7. The molecule has 0 saturated heterocycles. The van der Waals surface area contributed by atoms with E-state index in [4.69, 9.17) is 9.47 Å². The van der Waals surface area contributed by atoms with Crippen molar-refractivity contribution in [1.29, 1.82) is 0 Å². The lowest BCUT2D eigenvalue weighted by molar-refractivity contribution is 0.0524. The zero-order valence-electron chi connectivity index (χ0n) is 9.78. The molecule has 1 aromatic heterocycles. The first-order valence-electron chi connectivity index (χ1n) is 5.18. The van der Waals surface area contributed by atoms with Gasteiger partial charge < -0.3 is 14.8 Å². The zero-order valence-corrected chi connectivity index (χ0v) is 9.78. The number of nitrogens with one attached hydrogen (secondary N) is 2. The molecular weight excluding hydrogens is 226 g/mol. The van der Waals surface area contributed by atoms with Crippen LogP contribution in [0.5, 0.6) is 0 Å². The van der Waals surface area contributed by atoms with Crippen molar-refractivity contribution in [2.75, 3.05) is 32.2 Å². The smallest absolute Gasteiger partial charge is 0.345 e. The minimum atomic E-state index is -0.676. The van der Waals surface area contributed by atoms with E-state index in [0.29, 0.717) is 19.1 Å². The summed E-state index contributed by atoms with van der Waals surface area (Å²) in [6.07, 6.45) is 1.19. The summed E-state index contributed by atoms with van der Waals surface area (Å²) >= 11 is 0. The molecule has 0 bridgehead atoms. The van der Waals surface area contributed by atoms with Gasteiger partial charge in [0.15, 0.2) is 0 Å². The van der Waals surface area contributed by atoms with E-state index >= 15 is 0 Å². The van der Waals surface area contributed by atoms with Gasteiger partial charge in [-0.1, -0.05) is 0 Å². The maximum absolute atomic E-state index is 11.5. The lowest BCUT2D eigenvalue weighted by atomic mass is 10.3. The Morgan fingerprint density at radius 2 is 2.35 bits per heavy atom. The average Bonchev–Trinajstić information content (AvgIpc) is 2.29. The Morgan fingerprint density at radius 3 is 2.94 bits per heavy atom. The van der Waals surface area contributed by atoms with Crippen molar-refractivity contribution in [3.8, 4) is 0 Å². The number of carbonyl (C=O) groups excluding carboxylic acids is 1. The van der Waals surface area contributed by atoms with Crippen LogP contribution in [0.15, 0.2) is 11.0 Å². The van der Waals surface area contributed by atoms with E-state index in [0.717, 1.165) is 0 Å². The maximum Gasteiger partial charge on any atom is 0.345 e. The van der Waals surface area contributed by atoms with Gasteiger partial charge in [0.1, 0.15) is 5.56 Å². The molecule has 94 valence electrons. The molecule has 0 amide bonds. The minimum absolute atomic E-state index is 0.107. The molecule has 0 spiro atoms. The van der Waals surface area contributed by atoms with Crippen LogP contribution in [0.25, 0.3) is 0 Å². The first-order valence-corrected chi connectivity index (χ1v) is 5.18. The number of hydrogen-bond acceptors (Lipinski definition) is 6. The summed E-state index contributed by atoms with van der Waals surface area (Å²) in [7, 11) is 1.57. The Morgan fingerprint density at radius 1 is 1.59 bits per heavy atom. The maximum atomic E-state index is 11.5. The van der Waals surface area contributed by atoms with Gasteiger partial charge >= 0.3 is 5.97 Å². The highest BCUT2D eigenvalue weighted by Crippen LogP contribution is 1.97. The molecular formula is C10H15N3O4. The molecule has 0 atom stereocenters. The Hall–Kier alpha value is -1.89. The molecule has 7 nitrogen and oxygen atoms in total. The predicted octanol–water partition coefficient (Wildman–Crippen LogP) is 0.00490. The molecule has 0 fully saturated rings. The van der Waals surface area contributed by atoms with Crippen molar-refractivity contribution in [3.63, 3.8) is 0 Å². The van der Waals surface area contributed by atoms with Crippen LogP contribution in [0.4, 0.5) is 5.95 Å². The molecule has 7 heteroatoms. The topological polar surface area (TPSA) is 93.3 Å². The fourth-order valence-electron chi connectivity index (χ4n) is 1.11. The average molecular weight is 241 g/mol. The third-order valence-electron chi connectivity index (χ3n) is 1.89. The van der Waals surface area contributed by atoms with E-state index in [1.807, 2.05) is 0 Å². The van der Waals surface area contributed by atoms with Crippen molar-refractivity contribution in [2.45, 2.75) is 6.92 Å². The molecule has 17 heavy (non-hydrogen) atoms. The van der Waals surface area contributed by atoms with Gasteiger partial charge in [-0.05, 0) is 6.92 Å². The monoisotopic (exact) mass is 241 g/mol. The van der Waals surface area contributed by atoms with E-state index in [1.54, 1.807) is 14.0 Å². The van der Waals surface area contributed by atoms with Crippen molar-refractivity contribution < 1.29 is 14.3 Å². The first kappa shape index (κ1) is 13.2. The number of carbonyl (C=O) groups is 1. The number of H-pyrrole nitrogens is 1. The second kappa shape index (κ2) is 6.64. The Balaban J connectivity index is 2.72. The van der Waals surface area contributed by atoms with E-state index in [2.05, 4.69) is 15.3 Å². The fraction of sp³-hybridized carbons (Fsp3) is 0.500. The predicted molar refractivity (Wildman–Crippen MR) is 61.2 cm³/mol. The van der Waals surface area contributed by atoms with Gasteiger partial charge in [0, 0.05) is 13.7 Å². The molecule has 1 rings (SSSR count). The van der Waals surface area contributed by atoms with Crippen LogP contribution in [-0.4, -0.2) is 42.8 Å². The molecule has 0 saturated carbocycles. The summed E-state index contributed by atoms with van der Waals surface area (Å²) in [5, 5.41) is 2.84. The second-order valence-electron chi connectivity index (χ2n) is 3.11. The third-order valence-corrected chi connectivity index (χ3v) is 1.89. The van der Waals surface area contributed by atoms with Gasteiger partial charge in [0.05, 0.1) is 19.4 Å². The van der Waals surface area contributed by atoms with Crippen LogP contribution in [0.1, 0.15) is 17.3 Å². The number of esters is 1. The van der Waals surface area contributed by atoms with E-state index in [9.17, 15) is 9.59 Å². The normalized spacial score (nSPS) is 10.0. The van der Waals surface area contributed by atoms with E-state index < -0.39 is 11.5 Å². The van der Waals surface area contributed by atoms with Gasteiger partial charge in [-0.3, -0.25) is 9.78 Å². The molecule has 1 heterocycles. The number of ether oxygens (including phenoxy) is 2. The van der Waals surface area contributed by atoms with Crippen molar-refractivity contribution >= 4 is 11.9 Å². The summed E-state index contributed by atoms with van der Waals surface area (Å²) in [6, 6.07) is 0. The van der Waals surface area contributed by atoms with Crippen molar-refractivity contribution in [3.05, 3.63) is 22.1 Å². The largest absolute Gasteiger partial charge is 0.462 e. The number of aromatic nitrogens is 2. The van der Waals surface area contributed by atoms with Crippen LogP contribution >= 0.6 is 0 Å². The lowest BCUT2D eigenvalue weighted by Crippen LogP contribution is -2.22. The highest BCUT2D eigenvalue weighted by Gasteiger charge is 2.12. The highest BCUT2D eigenvalue weighted by atomic mass is 16.5. The van der Waals surface area contributed by atoms with Crippen LogP contribution in [0, 0.1) is 0 Å². The number of aromatic amines is 1. The number of hydrogen-bond donors (Lipinski definition) is 2. The molecule has 0 aliphatic rings.